The van der Waals surface area contributed by atoms with Crippen molar-refractivity contribution < 1.29 is 0 Å². The number of hydrogen-bond donors (Lipinski definition) is 0. The van der Waals surface area contributed by atoms with E-state index in [0.717, 1.165) is 5.69 Å². The highest BCUT2D eigenvalue weighted by molar-refractivity contribution is 6.11. The van der Waals surface area contributed by atoms with Gasteiger partial charge in [-0.2, -0.15) is 0 Å². The number of aromatic nitrogens is 1. The molecule has 0 amide bonds. The van der Waals surface area contributed by atoms with Crippen molar-refractivity contribution in [3.05, 3.63) is 90.6 Å². The Morgan fingerprint density at radius 2 is 1.36 bits per heavy atom. The van der Waals surface area contributed by atoms with Crippen molar-refractivity contribution in [1.82, 2.24) is 4.98 Å². The summed E-state index contributed by atoms with van der Waals surface area (Å²) in [7, 11) is 0. The Kier molecular flexibility index (Phi) is 3.07. The molecule has 1 heteroatoms. The van der Waals surface area contributed by atoms with Crippen LogP contribution in [0.2, 0.25) is 0 Å². The molecular formula is C24H17N. The standard InChI is InChI=1S/C24H17N/c1-16-14-19(15-18-7-3-4-8-20(16)18)24-23-11-10-17-6-2-5-9-21(17)22(23)12-13-25-24/h2-15H,1H3. The molecule has 0 unspecified atom stereocenters. The van der Waals surface area contributed by atoms with Crippen molar-refractivity contribution in [3.63, 3.8) is 0 Å². The summed E-state index contributed by atoms with van der Waals surface area (Å²) in [4.78, 5) is 4.73. The highest BCUT2D eigenvalue weighted by Gasteiger charge is 2.09. The fourth-order valence-corrected chi connectivity index (χ4v) is 3.81. The van der Waals surface area contributed by atoms with Crippen molar-refractivity contribution in [2.24, 2.45) is 0 Å². The van der Waals surface area contributed by atoms with E-state index >= 15 is 0 Å². The molecule has 0 aliphatic heterocycles. The van der Waals surface area contributed by atoms with E-state index in [0.29, 0.717) is 0 Å². The van der Waals surface area contributed by atoms with Gasteiger partial charge in [-0.05, 0) is 57.6 Å². The van der Waals surface area contributed by atoms with Gasteiger partial charge in [-0.3, -0.25) is 4.98 Å². The number of rotatable bonds is 1. The molecule has 4 aromatic carbocycles. The monoisotopic (exact) mass is 319 g/mol. The molecule has 0 aliphatic carbocycles. The molecule has 0 spiro atoms. The zero-order valence-electron chi connectivity index (χ0n) is 14.0. The molecule has 118 valence electrons. The second kappa shape index (κ2) is 5.42. The summed E-state index contributed by atoms with van der Waals surface area (Å²) in [6.07, 6.45) is 1.93. The molecule has 0 radical (unpaired) electrons. The van der Waals surface area contributed by atoms with Gasteiger partial charge in [0, 0.05) is 17.1 Å². The van der Waals surface area contributed by atoms with Crippen LogP contribution in [0.15, 0.2) is 85.1 Å². The molecule has 1 aromatic heterocycles. The van der Waals surface area contributed by atoms with Crippen LogP contribution in [0.25, 0.3) is 43.6 Å². The van der Waals surface area contributed by atoms with Gasteiger partial charge in [-0.15, -0.1) is 0 Å². The molecule has 5 aromatic rings. The fourth-order valence-electron chi connectivity index (χ4n) is 3.81. The molecule has 0 atom stereocenters. The summed E-state index contributed by atoms with van der Waals surface area (Å²) >= 11 is 0. The normalized spacial score (nSPS) is 11.4. The van der Waals surface area contributed by atoms with Crippen molar-refractivity contribution in [2.45, 2.75) is 6.92 Å². The van der Waals surface area contributed by atoms with Crippen LogP contribution in [0.3, 0.4) is 0 Å². The average molecular weight is 319 g/mol. The first kappa shape index (κ1) is 14.2. The maximum atomic E-state index is 4.73. The summed E-state index contributed by atoms with van der Waals surface area (Å²) in [5.41, 5.74) is 3.52. The maximum absolute atomic E-state index is 4.73. The summed E-state index contributed by atoms with van der Waals surface area (Å²) < 4.78 is 0. The van der Waals surface area contributed by atoms with Crippen molar-refractivity contribution in [1.29, 1.82) is 0 Å². The number of hydrogen-bond acceptors (Lipinski definition) is 1. The lowest BCUT2D eigenvalue weighted by Crippen LogP contribution is -1.89. The number of fused-ring (bicyclic) bond motifs is 4. The highest BCUT2D eigenvalue weighted by Crippen LogP contribution is 2.33. The fraction of sp³-hybridized carbons (Fsp3) is 0.0417. The van der Waals surface area contributed by atoms with E-state index in [1.165, 1.54) is 43.4 Å². The molecule has 5 rings (SSSR count). The van der Waals surface area contributed by atoms with E-state index in [1.807, 2.05) is 6.20 Å². The van der Waals surface area contributed by atoms with E-state index in [2.05, 4.69) is 85.8 Å². The minimum atomic E-state index is 1.05. The van der Waals surface area contributed by atoms with Crippen LogP contribution < -0.4 is 0 Å². The van der Waals surface area contributed by atoms with E-state index in [9.17, 15) is 0 Å². The Balaban J connectivity index is 1.85. The van der Waals surface area contributed by atoms with Crippen LogP contribution >= 0.6 is 0 Å². The molecule has 0 saturated carbocycles. The first-order valence-corrected chi connectivity index (χ1v) is 8.57. The molecule has 0 aliphatic rings. The molecule has 0 N–H and O–H groups in total. The third-order valence-corrected chi connectivity index (χ3v) is 5.01. The topological polar surface area (TPSA) is 12.9 Å². The van der Waals surface area contributed by atoms with Crippen LogP contribution in [-0.4, -0.2) is 4.98 Å². The summed E-state index contributed by atoms with van der Waals surface area (Å²) in [6, 6.07) is 28.1. The second-order valence-electron chi connectivity index (χ2n) is 6.56. The lowest BCUT2D eigenvalue weighted by Gasteiger charge is -2.11. The highest BCUT2D eigenvalue weighted by atomic mass is 14.7. The van der Waals surface area contributed by atoms with Crippen LogP contribution in [0.1, 0.15) is 5.56 Å². The molecule has 0 saturated heterocycles. The minimum Gasteiger partial charge on any atom is -0.256 e. The van der Waals surface area contributed by atoms with Gasteiger partial charge < -0.3 is 0 Å². The maximum Gasteiger partial charge on any atom is 0.0780 e. The van der Waals surface area contributed by atoms with Crippen molar-refractivity contribution in [3.8, 4) is 11.3 Å². The van der Waals surface area contributed by atoms with Crippen molar-refractivity contribution >= 4 is 32.3 Å². The Bertz CT molecular complexity index is 1250. The molecular weight excluding hydrogens is 302 g/mol. The van der Waals surface area contributed by atoms with Gasteiger partial charge in [-0.25, -0.2) is 0 Å². The predicted octanol–water partition coefficient (Wildman–Crippen LogP) is 6.52. The number of benzene rings is 4. The van der Waals surface area contributed by atoms with Crippen molar-refractivity contribution in [2.75, 3.05) is 0 Å². The zero-order valence-corrected chi connectivity index (χ0v) is 14.0. The third kappa shape index (κ3) is 2.20. The lowest BCUT2D eigenvalue weighted by molar-refractivity contribution is 1.36. The van der Waals surface area contributed by atoms with Crippen LogP contribution in [-0.2, 0) is 0 Å². The zero-order chi connectivity index (χ0) is 16.8. The van der Waals surface area contributed by atoms with Gasteiger partial charge >= 0.3 is 0 Å². The number of nitrogens with zero attached hydrogens (tertiary/aromatic N) is 1. The molecule has 0 bridgehead atoms. The van der Waals surface area contributed by atoms with Gasteiger partial charge in [0.25, 0.3) is 0 Å². The van der Waals surface area contributed by atoms with E-state index < -0.39 is 0 Å². The third-order valence-electron chi connectivity index (χ3n) is 5.01. The van der Waals surface area contributed by atoms with Gasteiger partial charge in [0.2, 0.25) is 0 Å². The van der Waals surface area contributed by atoms with E-state index in [1.54, 1.807) is 0 Å². The Morgan fingerprint density at radius 3 is 2.24 bits per heavy atom. The first-order valence-electron chi connectivity index (χ1n) is 8.57. The quantitative estimate of drug-likeness (QED) is 0.321. The SMILES string of the molecule is Cc1cc(-c2nccc3c2ccc2ccccc23)cc2ccccc12. The number of aryl methyl sites for hydroxylation is 1. The van der Waals surface area contributed by atoms with Gasteiger partial charge in [0.05, 0.1) is 5.69 Å². The van der Waals surface area contributed by atoms with Gasteiger partial charge in [0.1, 0.15) is 0 Å². The largest absolute Gasteiger partial charge is 0.256 e. The first-order chi connectivity index (χ1) is 12.3. The minimum absolute atomic E-state index is 1.05. The Hall–Kier alpha value is -3.19. The van der Waals surface area contributed by atoms with E-state index in [-0.39, 0.29) is 0 Å². The second-order valence-corrected chi connectivity index (χ2v) is 6.56. The van der Waals surface area contributed by atoms with Crippen LogP contribution in [0.5, 0.6) is 0 Å². The predicted molar refractivity (Wildman–Crippen MR) is 107 cm³/mol. The number of pyridine rings is 1. The van der Waals surface area contributed by atoms with E-state index in [4.69, 9.17) is 4.98 Å². The Labute approximate surface area is 146 Å². The molecule has 1 heterocycles. The molecule has 1 nitrogen and oxygen atoms in total. The summed E-state index contributed by atoms with van der Waals surface area (Å²) in [5, 5.41) is 7.57. The van der Waals surface area contributed by atoms with Crippen LogP contribution in [0.4, 0.5) is 0 Å². The lowest BCUT2D eigenvalue weighted by atomic mass is 9.96. The molecule has 25 heavy (non-hydrogen) atoms. The Morgan fingerprint density at radius 1 is 0.600 bits per heavy atom. The molecule has 0 fully saturated rings. The average Bonchev–Trinajstić information content (AvgIpc) is 2.67. The van der Waals surface area contributed by atoms with Crippen LogP contribution in [0, 0.1) is 6.92 Å². The van der Waals surface area contributed by atoms with Gasteiger partial charge in [-0.1, -0.05) is 60.7 Å². The summed E-state index contributed by atoms with van der Waals surface area (Å²) in [5.74, 6) is 0. The smallest absolute Gasteiger partial charge is 0.0780 e. The van der Waals surface area contributed by atoms with Gasteiger partial charge in [0.15, 0.2) is 0 Å². The summed E-state index contributed by atoms with van der Waals surface area (Å²) in [6.45, 7) is 2.17.